The topological polar surface area (TPSA) is 25.4 Å². The molecule has 1 aromatic heterocycles. The van der Waals surface area contributed by atoms with Crippen LogP contribution in [0.5, 0.6) is 5.75 Å². The highest BCUT2D eigenvalue weighted by Crippen LogP contribution is 2.34. The molecule has 1 atom stereocenters. The van der Waals surface area contributed by atoms with E-state index in [1.807, 2.05) is 18.3 Å². The summed E-state index contributed by atoms with van der Waals surface area (Å²) in [6.45, 7) is 1.97. The number of nitrogens with zero attached hydrogens (tertiary/aromatic N) is 2. The quantitative estimate of drug-likeness (QED) is 0.648. The van der Waals surface area contributed by atoms with Gasteiger partial charge in [-0.15, -0.1) is 0 Å². The van der Waals surface area contributed by atoms with Gasteiger partial charge in [-0.2, -0.15) is 0 Å². The number of ether oxygens (including phenoxy) is 1. The minimum atomic E-state index is 0.648. The summed E-state index contributed by atoms with van der Waals surface area (Å²) in [6, 6.07) is 4.62. The minimum Gasteiger partial charge on any atom is -0.490 e. The molecule has 1 fully saturated rings. The molecule has 3 heterocycles. The smallest absolute Gasteiger partial charge is 0.171 e. The molecule has 0 N–H and O–H groups in total. The number of hydrogen-bond acceptors (Lipinski definition) is 3. The van der Waals surface area contributed by atoms with E-state index in [4.69, 9.17) is 4.74 Å². The Morgan fingerprint density at radius 2 is 2.33 bits per heavy atom. The van der Waals surface area contributed by atoms with Crippen molar-refractivity contribution < 1.29 is 4.74 Å². The van der Waals surface area contributed by atoms with Gasteiger partial charge in [0, 0.05) is 25.2 Å². The number of pyridine rings is 1. The number of anilines is 1. The minimum absolute atomic E-state index is 0.648. The van der Waals surface area contributed by atoms with Crippen molar-refractivity contribution in [2.45, 2.75) is 31.7 Å². The van der Waals surface area contributed by atoms with Gasteiger partial charge >= 0.3 is 0 Å². The molecule has 0 amide bonds. The Kier molecular flexibility index (Phi) is 2.24. The van der Waals surface area contributed by atoms with Crippen LogP contribution in [0, 0.1) is 0 Å². The maximum Gasteiger partial charge on any atom is 0.171 e. The zero-order chi connectivity index (χ0) is 10.1. The summed E-state index contributed by atoms with van der Waals surface area (Å²) >= 11 is 0. The predicted molar refractivity (Wildman–Crippen MR) is 59.3 cm³/mol. The van der Waals surface area contributed by atoms with Crippen molar-refractivity contribution in [3.05, 3.63) is 18.3 Å². The van der Waals surface area contributed by atoms with E-state index in [0.29, 0.717) is 6.04 Å². The van der Waals surface area contributed by atoms with Crippen LogP contribution in [-0.2, 0) is 0 Å². The van der Waals surface area contributed by atoms with E-state index < -0.39 is 0 Å². The summed E-state index contributed by atoms with van der Waals surface area (Å²) in [5.74, 6) is 2.02. The van der Waals surface area contributed by atoms with Crippen LogP contribution in [-0.4, -0.2) is 24.2 Å². The lowest BCUT2D eigenvalue weighted by molar-refractivity contribution is 0.300. The van der Waals surface area contributed by atoms with Crippen LogP contribution in [0.25, 0.3) is 0 Å². The molecule has 1 aromatic rings. The van der Waals surface area contributed by atoms with Gasteiger partial charge in [-0.1, -0.05) is 0 Å². The molecule has 2 aliphatic heterocycles. The van der Waals surface area contributed by atoms with Crippen LogP contribution >= 0.6 is 0 Å². The third-order valence-electron chi connectivity index (χ3n) is 3.36. The third kappa shape index (κ3) is 1.56. The van der Waals surface area contributed by atoms with E-state index in [0.717, 1.165) is 31.1 Å². The molecule has 1 unspecified atom stereocenters. The number of aromatic nitrogens is 1. The predicted octanol–water partition coefficient (Wildman–Crippen LogP) is 2.22. The molecular weight excluding hydrogens is 188 g/mol. The van der Waals surface area contributed by atoms with E-state index in [2.05, 4.69) is 9.88 Å². The second-order valence-corrected chi connectivity index (χ2v) is 4.31. The molecule has 0 aromatic carbocycles. The van der Waals surface area contributed by atoms with Crippen LogP contribution in [0.1, 0.15) is 25.7 Å². The molecule has 15 heavy (non-hydrogen) atoms. The highest BCUT2D eigenvalue weighted by molar-refractivity contribution is 5.53. The first kappa shape index (κ1) is 9.01. The molecule has 0 aliphatic carbocycles. The molecule has 3 heteroatoms. The van der Waals surface area contributed by atoms with Crippen molar-refractivity contribution in [1.82, 2.24) is 4.98 Å². The molecular formula is C12H16N2O. The number of hydrogen-bond donors (Lipinski definition) is 0. The van der Waals surface area contributed by atoms with Crippen LogP contribution in [0.4, 0.5) is 5.82 Å². The van der Waals surface area contributed by atoms with Crippen molar-refractivity contribution in [2.24, 2.45) is 0 Å². The van der Waals surface area contributed by atoms with Crippen LogP contribution in [0.15, 0.2) is 18.3 Å². The number of rotatable bonds is 0. The van der Waals surface area contributed by atoms with Gasteiger partial charge in [0.05, 0.1) is 6.61 Å². The van der Waals surface area contributed by atoms with Gasteiger partial charge in [-0.25, -0.2) is 4.98 Å². The fourth-order valence-electron chi connectivity index (χ4n) is 2.60. The standard InChI is InChI=1S/C12H16N2O/c1-2-8-14-10(4-1)6-9-15-11-5-3-7-13-12(11)14/h3,5,7,10H,1-2,4,6,8-9H2. The third-order valence-corrected chi connectivity index (χ3v) is 3.36. The maximum atomic E-state index is 5.74. The number of fused-ring (bicyclic) bond motifs is 3. The van der Waals surface area contributed by atoms with Crippen LogP contribution in [0.3, 0.4) is 0 Å². The normalized spacial score (nSPS) is 24.8. The van der Waals surface area contributed by atoms with Crippen LogP contribution in [0.2, 0.25) is 0 Å². The van der Waals surface area contributed by atoms with Gasteiger partial charge in [-0.3, -0.25) is 0 Å². The van der Waals surface area contributed by atoms with Crippen molar-refractivity contribution >= 4 is 5.82 Å². The van der Waals surface area contributed by atoms with Crippen molar-refractivity contribution in [3.8, 4) is 5.75 Å². The van der Waals surface area contributed by atoms with E-state index in [9.17, 15) is 0 Å². The lowest BCUT2D eigenvalue weighted by Gasteiger charge is -2.35. The molecule has 0 bridgehead atoms. The first-order valence-electron chi connectivity index (χ1n) is 5.79. The Hall–Kier alpha value is -1.25. The Balaban J connectivity index is 1.99. The molecule has 1 saturated heterocycles. The fraction of sp³-hybridized carbons (Fsp3) is 0.583. The van der Waals surface area contributed by atoms with Gasteiger partial charge in [0.2, 0.25) is 0 Å². The lowest BCUT2D eigenvalue weighted by Crippen LogP contribution is -2.39. The summed E-state index contributed by atoms with van der Waals surface area (Å²) < 4.78 is 5.74. The largest absolute Gasteiger partial charge is 0.490 e. The molecule has 0 radical (unpaired) electrons. The maximum absolute atomic E-state index is 5.74. The van der Waals surface area contributed by atoms with E-state index in [1.54, 1.807) is 0 Å². The number of piperidine rings is 1. The SMILES string of the molecule is c1cnc2c(c1)OCCC1CCCCN21. The monoisotopic (exact) mass is 204 g/mol. The summed E-state index contributed by atoms with van der Waals surface area (Å²) in [5.41, 5.74) is 0. The Morgan fingerprint density at radius 1 is 1.33 bits per heavy atom. The average molecular weight is 204 g/mol. The second-order valence-electron chi connectivity index (χ2n) is 4.31. The van der Waals surface area contributed by atoms with E-state index >= 15 is 0 Å². The van der Waals surface area contributed by atoms with Crippen molar-refractivity contribution in [1.29, 1.82) is 0 Å². The first-order valence-corrected chi connectivity index (χ1v) is 5.79. The average Bonchev–Trinajstić information content (AvgIpc) is 2.48. The molecule has 2 aliphatic rings. The lowest BCUT2D eigenvalue weighted by atomic mass is 10.00. The van der Waals surface area contributed by atoms with E-state index in [-0.39, 0.29) is 0 Å². The Labute approximate surface area is 90.1 Å². The molecule has 80 valence electrons. The molecule has 3 nitrogen and oxygen atoms in total. The van der Waals surface area contributed by atoms with Gasteiger partial charge in [0.1, 0.15) is 0 Å². The Bertz CT molecular complexity index is 353. The zero-order valence-electron chi connectivity index (χ0n) is 8.85. The molecule has 0 saturated carbocycles. The highest BCUT2D eigenvalue weighted by atomic mass is 16.5. The summed E-state index contributed by atoms with van der Waals surface area (Å²) in [7, 11) is 0. The van der Waals surface area contributed by atoms with Gasteiger partial charge in [-0.05, 0) is 31.4 Å². The summed E-state index contributed by atoms with van der Waals surface area (Å²) in [5, 5.41) is 0. The summed E-state index contributed by atoms with van der Waals surface area (Å²) in [6.07, 6.45) is 6.92. The first-order chi connectivity index (χ1) is 7.45. The molecule has 3 rings (SSSR count). The van der Waals surface area contributed by atoms with E-state index in [1.165, 1.54) is 19.3 Å². The molecule has 0 spiro atoms. The van der Waals surface area contributed by atoms with Crippen molar-refractivity contribution in [3.63, 3.8) is 0 Å². The summed E-state index contributed by atoms with van der Waals surface area (Å²) in [4.78, 5) is 6.90. The highest BCUT2D eigenvalue weighted by Gasteiger charge is 2.28. The van der Waals surface area contributed by atoms with Gasteiger partial charge < -0.3 is 9.64 Å². The fourth-order valence-corrected chi connectivity index (χ4v) is 2.60. The van der Waals surface area contributed by atoms with Crippen molar-refractivity contribution in [2.75, 3.05) is 18.1 Å². The second kappa shape index (κ2) is 3.72. The Morgan fingerprint density at radius 3 is 3.33 bits per heavy atom. The van der Waals surface area contributed by atoms with Gasteiger partial charge in [0.25, 0.3) is 0 Å². The van der Waals surface area contributed by atoms with Crippen LogP contribution < -0.4 is 9.64 Å². The zero-order valence-corrected chi connectivity index (χ0v) is 8.85. The van der Waals surface area contributed by atoms with Gasteiger partial charge in [0.15, 0.2) is 11.6 Å².